The highest BCUT2D eigenvalue weighted by Gasteiger charge is 2.05. The third-order valence-corrected chi connectivity index (χ3v) is 2.62. The van der Waals surface area contributed by atoms with Crippen molar-refractivity contribution in [3.05, 3.63) is 36.1 Å². The molecule has 0 radical (unpaired) electrons. The van der Waals surface area contributed by atoms with Crippen molar-refractivity contribution < 1.29 is 14.3 Å². The van der Waals surface area contributed by atoms with E-state index in [4.69, 9.17) is 9.52 Å². The van der Waals surface area contributed by atoms with Crippen LogP contribution in [0.15, 0.2) is 34.9 Å². The number of rotatable bonds is 5. The highest BCUT2D eigenvalue weighted by molar-refractivity contribution is 5.81. The smallest absolute Gasteiger partial charge is 0.222 e. The minimum absolute atomic E-state index is 0.111. The Balaban J connectivity index is 1.93. The Morgan fingerprint density at radius 1 is 1.35 bits per heavy atom. The van der Waals surface area contributed by atoms with Gasteiger partial charge in [-0.15, -0.1) is 0 Å². The molecule has 1 aromatic carbocycles. The van der Waals surface area contributed by atoms with Crippen LogP contribution in [-0.2, 0) is 11.2 Å². The van der Waals surface area contributed by atoms with Gasteiger partial charge in [0.1, 0.15) is 5.58 Å². The van der Waals surface area contributed by atoms with E-state index < -0.39 is 0 Å². The molecule has 0 aliphatic heterocycles. The second-order valence-corrected chi connectivity index (χ2v) is 3.83. The van der Waals surface area contributed by atoms with Gasteiger partial charge in [-0.05, 0) is 18.1 Å². The van der Waals surface area contributed by atoms with Gasteiger partial charge in [0.2, 0.25) is 5.91 Å². The molecule has 0 atom stereocenters. The molecular weight excluding hydrogens is 218 g/mol. The van der Waals surface area contributed by atoms with Crippen molar-refractivity contribution in [2.45, 2.75) is 12.8 Å². The summed E-state index contributed by atoms with van der Waals surface area (Å²) in [7, 11) is 0. The first-order valence-corrected chi connectivity index (χ1v) is 5.64. The molecule has 0 aliphatic carbocycles. The van der Waals surface area contributed by atoms with Crippen LogP contribution < -0.4 is 5.32 Å². The van der Waals surface area contributed by atoms with E-state index in [-0.39, 0.29) is 18.9 Å². The Kier molecular flexibility index (Phi) is 3.77. The summed E-state index contributed by atoms with van der Waals surface area (Å²) in [6.07, 6.45) is 2.61. The minimum atomic E-state index is -0.125. The van der Waals surface area contributed by atoms with Crippen LogP contribution in [0, 0.1) is 0 Å². The molecule has 0 fully saturated rings. The number of amides is 1. The lowest BCUT2D eigenvalue weighted by atomic mass is 10.1. The van der Waals surface area contributed by atoms with Crippen LogP contribution in [0.3, 0.4) is 0 Å². The van der Waals surface area contributed by atoms with Gasteiger partial charge >= 0.3 is 0 Å². The van der Waals surface area contributed by atoms with E-state index in [9.17, 15) is 4.79 Å². The molecule has 90 valence electrons. The van der Waals surface area contributed by atoms with Gasteiger partial charge in [-0.25, -0.2) is 0 Å². The van der Waals surface area contributed by atoms with E-state index >= 15 is 0 Å². The number of carbonyl (C=O) groups excluding carboxylic acids is 1. The number of hydrogen-bond donors (Lipinski definition) is 2. The summed E-state index contributed by atoms with van der Waals surface area (Å²) < 4.78 is 5.40. The number of nitrogens with one attached hydrogen (secondary N) is 1. The summed E-state index contributed by atoms with van der Waals surface area (Å²) in [5.41, 5.74) is 1.95. The third-order valence-electron chi connectivity index (χ3n) is 2.62. The second-order valence-electron chi connectivity index (χ2n) is 3.83. The standard InChI is InChI=1S/C13H15NO3/c15-8-6-13(16)14-7-5-10-9-17-12-4-2-1-3-11(10)12/h1-4,9,15H,5-8H2,(H,14,16). The fourth-order valence-corrected chi connectivity index (χ4v) is 1.75. The average molecular weight is 233 g/mol. The van der Waals surface area contributed by atoms with E-state index in [2.05, 4.69) is 5.32 Å². The second kappa shape index (κ2) is 5.50. The Hall–Kier alpha value is -1.81. The van der Waals surface area contributed by atoms with Gasteiger partial charge in [-0.2, -0.15) is 0 Å². The van der Waals surface area contributed by atoms with Crippen molar-refractivity contribution in [3.63, 3.8) is 0 Å². The van der Waals surface area contributed by atoms with Crippen molar-refractivity contribution in [1.29, 1.82) is 0 Å². The van der Waals surface area contributed by atoms with Crippen LogP contribution in [0.2, 0.25) is 0 Å². The maximum absolute atomic E-state index is 11.1. The predicted molar refractivity (Wildman–Crippen MR) is 64.6 cm³/mol. The minimum Gasteiger partial charge on any atom is -0.464 e. The van der Waals surface area contributed by atoms with Gasteiger partial charge in [0.05, 0.1) is 12.9 Å². The number of benzene rings is 1. The Morgan fingerprint density at radius 2 is 2.18 bits per heavy atom. The highest BCUT2D eigenvalue weighted by atomic mass is 16.3. The first-order chi connectivity index (χ1) is 8.31. The molecule has 2 rings (SSSR count). The molecule has 0 aliphatic rings. The lowest BCUT2D eigenvalue weighted by molar-refractivity contribution is -0.121. The van der Waals surface area contributed by atoms with Gasteiger partial charge in [0, 0.05) is 18.4 Å². The van der Waals surface area contributed by atoms with Crippen LogP contribution >= 0.6 is 0 Å². The SMILES string of the molecule is O=C(CCO)NCCc1coc2ccccc12. The summed E-state index contributed by atoms with van der Waals surface area (Å²) in [5.74, 6) is -0.125. The molecule has 0 spiro atoms. The number of fused-ring (bicyclic) bond motifs is 1. The Bertz CT molecular complexity index is 504. The molecule has 17 heavy (non-hydrogen) atoms. The lowest BCUT2D eigenvalue weighted by Gasteiger charge is -2.02. The highest BCUT2D eigenvalue weighted by Crippen LogP contribution is 2.20. The van der Waals surface area contributed by atoms with Crippen molar-refractivity contribution in [2.75, 3.05) is 13.2 Å². The summed E-state index contributed by atoms with van der Waals surface area (Å²) in [4.78, 5) is 11.1. The zero-order valence-electron chi connectivity index (χ0n) is 9.48. The summed E-state index contributed by atoms with van der Waals surface area (Å²) in [5, 5.41) is 12.4. The van der Waals surface area contributed by atoms with Crippen molar-refractivity contribution in [2.24, 2.45) is 0 Å². The normalized spacial score (nSPS) is 10.6. The van der Waals surface area contributed by atoms with Crippen LogP contribution in [0.5, 0.6) is 0 Å². The molecule has 1 aromatic heterocycles. The Morgan fingerprint density at radius 3 is 3.00 bits per heavy atom. The Labute approximate surface area is 99.2 Å². The monoisotopic (exact) mass is 233 g/mol. The van der Waals surface area contributed by atoms with Crippen molar-refractivity contribution in [3.8, 4) is 0 Å². The van der Waals surface area contributed by atoms with Gasteiger partial charge in [0.15, 0.2) is 0 Å². The van der Waals surface area contributed by atoms with Gasteiger partial charge in [0.25, 0.3) is 0 Å². The van der Waals surface area contributed by atoms with Gasteiger partial charge in [-0.3, -0.25) is 4.79 Å². The molecule has 1 amide bonds. The first-order valence-electron chi connectivity index (χ1n) is 5.64. The fourth-order valence-electron chi connectivity index (χ4n) is 1.75. The zero-order valence-corrected chi connectivity index (χ0v) is 9.48. The molecule has 2 N–H and O–H groups in total. The average Bonchev–Trinajstić information content (AvgIpc) is 2.73. The van der Waals surface area contributed by atoms with E-state index in [1.807, 2.05) is 24.3 Å². The lowest BCUT2D eigenvalue weighted by Crippen LogP contribution is -2.26. The molecule has 0 bridgehead atoms. The predicted octanol–water partition coefficient (Wildman–Crippen LogP) is 1.47. The number of hydrogen-bond acceptors (Lipinski definition) is 3. The largest absolute Gasteiger partial charge is 0.464 e. The van der Waals surface area contributed by atoms with E-state index in [1.54, 1.807) is 6.26 Å². The molecule has 4 heteroatoms. The van der Waals surface area contributed by atoms with Crippen LogP contribution in [0.25, 0.3) is 11.0 Å². The number of aliphatic hydroxyl groups is 1. The van der Waals surface area contributed by atoms with E-state index in [1.165, 1.54) is 0 Å². The topological polar surface area (TPSA) is 62.5 Å². The number of para-hydroxylation sites is 1. The van der Waals surface area contributed by atoms with E-state index in [0.29, 0.717) is 6.54 Å². The molecule has 1 heterocycles. The molecule has 2 aromatic rings. The van der Waals surface area contributed by atoms with Crippen LogP contribution in [0.4, 0.5) is 0 Å². The molecule has 0 saturated heterocycles. The van der Waals surface area contributed by atoms with Crippen molar-refractivity contribution in [1.82, 2.24) is 5.32 Å². The number of carbonyl (C=O) groups is 1. The van der Waals surface area contributed by atoms with Crippen LogP contribution in [0.1, 0.15) is 12.0 Å². The molecular formula is C13H15NO3. The summed E-state index contributed by atoms with van der Waals surface area (Å²) in [6.45, 7) is 0.447. The third kappa shape index (κ3) is 2.85. The number of aliphatic hydroxyl groups excluding tert-OH is 1. The number of furan rings is 1. The van der Waals surface area contributed by atoms with Crippen molar-refractivity contribution >= 4 is 16.9 Å². The van der Waals surface area contributed by atoms with Crippen LogP contribution in [-0.4, -0.2) is 24.2 Å². The maximum atomic E-state index is 11.1. The quantitative estimate of drug-likeness (QED) is 0.822. The van der Waals surface area contributed by atoms with Gasteiger partial charge in [-0.1, -0.05) is 18.2 Å². The van der Waals surface area contributed by atoms with Gasteiger partial charge < -0.3 is 14.8 Å². The summed E-state index contributed by atoms with van der Waals surface area (Å²) in [6, 6.07) is 7.82. The molecule has 4 nitrogen and oxygen atoms in total. The fraction of sp³-hybridized carbons (Fsp3) is 0.308. The first kappa shape index (κ1) is 11.7. The zero-order chi connectivity index (χ0) is 12.1. The molecule has 0 unspecified atom stereocenters. The summed E-state index contributed by atoms with van der Waals surface area (Å²) >= 11 is 0. The maximum Gasteiger partial charge on any atom is 0.222 e. The molecule has 0 saturated carbocycles. The van der Waals surface area contributed by atoms with E-state index in [0.717, 1.165) is 23.0 Å².